The highest BCUT2D eigenvalue weighted by molar-refractivity contribution is 14.1. The zero-order valence-electron chi connectivity index (χ0n) is 17.0. The van der Waals surface area contributed by atoms with Crippen LogP contribution in [0.25, 0.3) is 0 Å². The lowest BCUT2D eigenvalue weighted by atomic mass is 10.1. The van der Waals surface area contributed by atoms with Gasteiger partial charge in [0.15, 0.2) is 6.61 Å². The van der Waals surface area contributed by atoms with E-state index in [-0.39, 0.29) is 25.0 Å². The van der Waals surface area contributed by atoms with Gasteiger partial charge in [0.1, 0.15) is 11.8 Å². The Morgan fingerprint density at radius 1 is 1.10 bits per heavy atom. The highest BCUT2D eigenvalue weighted by atomic mass is 127. The van der Waals surface area contributed by atoms with Gasteiger partial charge in [-0.1, -0.05) is 43.1 Å². The van der Waals surface area contributed by atoms with Crippen LogP contribution in [0, 0.1) is 3.57 Å². The normalized spacial score (nSPS) is 11.6. The van der Waals surface area contributed by atoms with E-state index < -0.39 is 6.04 Å². The van der Waals surface area contributed by atoms with Crippen molar-refractivity contribution in [1.29, 1.82) is 0 Å². The number of ether oxygens (including phenoxy) is 1. The lowest BCUT2D eigenvalue weighted by Crippen LogP contribution is -2.50. The molecule has 0 aliphatic rings. The molecule has 0 aliphatic heterocycles. The molecule has 0 aliphatic carbocycles. The number of carbonyl (C=O) groups excluding carboxylic acids is 2. The second-order valence-corrected chi connectivity index (χ2v) is 8.74. The molecule has 5 nitrogen and oxygen atoms in total. The van der Waals surface area contributed by atoms with Gasteiger partial charge in [-0.3, -0.25) is 9.59 Å². The zero-order valence-corrected chi connectivity index (χ0v) is 20.6. The molecule has 1 N–H and O–H groups in total. The molecule has 2 aromatic rings. The number of amides is 2. The zero-order chi connectivity index (χ0) is 22.1. The third-order valence-corrected chi connectivity index (χ3v) is 5.93. The van der Waals surface area contributed by atoms with Crippen molar-refractivity contribution in [2.45, 2.75) is 39.3 Å². The van der Waals surface area contributed by atoms with Crippen molar-refractivity contribution in [3.63, 3.8) is 0 Å². The molecular weight excluding hydrogens is 538 g/mol. The first kappa shape index (κ1) is 24.8. The molecule has 0 heterocycles. The summed E-state index contributed by atoms with van der Waals surface area (Å²) in [4.78, 5) is 27.4. The van der Waals surface area contributed by atoms with Gasteiger partial charge in [-0.15, -0.1) is 0 Å². The van der Waals surface area contributed by atoms with Crippen LogP contribution >= 0.6 is 45.8 Å². The SMILES string of the molecule is CCCNC(=O)C(CC)N(Cc1c(Cl)cccc1Cl)C(=O)COc1ccc(I)cc1. The fraction of sp³-hybridized carbons (Fsp3) is 0.364. The van der Waals surface area contributed by atoms with Gasteiger partial charge in [-0.05, 0) is 71.8 Å². The minimum absolute atomic E-state index is 0.117. The minimum Gasteiger partial charge on any atom is -0.484 e. The van der Waals surface area contributed by atoms with Crippen molar-refractivity contribution in [3.8, 4) is 5.75 Å². The Balaban J connectivity index is 2.25. The molecule has 2 amide bonds. The van der Waals surface area contributed by atoms with Crippen LogP contribution in [-0.4, -0.2) is 35.9 Å². The molecule has 0 spiro atoms. The van der Waals surface area contributed by atoms with Crippen LogP contribution in [0.1, 0.15) is 32.3 Å². The van der Waals surface area contributed by atoms with Crippen LogP contribution in [0.4, 0.5) is 0 Å². The Hall–Kier alpha value is -1.51. The number of rotatable bonds is 10. The number of halogens is 3. The average Bonchev–Trinajstić information content (AvgIpc) is 2.73. The second-order valence-electron chi connectivity index (χ2n) is 6.68. The Labute approximate surface area is 201 Å². The molecule has 2 aromatic carbocycles. The van der Waals surface area contributed by atoms with Crippen LogP contribution in [0.15, 0.2) is 42.5 Å². The molecule has 0 radical (unpaired) electrons. The molecule has 8 heteroatoms. The Kier molecular flexibility index (Phi) is 10.2. The van der Waals surface area contributed by atoms with E-state index in [4.69, 9.17) is 27.9 Å². The summed E-state index contributed by atoms with van der Waals surface area (Å²) in [5.74, 6) is 0.0659. The van der Waals surface area contributed by atoms with Crippen molar-refractivity contribution >= 4 is 57.6 Å². The van der Waals surface area contributed by atoms with Gasteiger partial charge >= 0.3 is 0 Å². The van der Waals surface area contributed by atoms with Gasteiger partial charge in [0, 0.05) is 32.3 Å². The largest absolute Gasteiger partial charge is 0.484 e. The van der Waals surface area contributed by atoms with Gasteiger partial charge in [-0.2, -0.15) is 0 Å². The van der Waals surface area contributed by atoms with Crippen molar-refractivity contribution in [1.82, 2.24) is 10.2 Å². The highest BCUT2D eigenvalue weighted by Crippen LogP contribution is 2.27. The number of nitrogens with one attached hydrogen (secondary N) is 1. The molecular formula is C22H25Cl2IN2O3. The van der Waals surface area contributed by atoms with E-state index in [0.717, 1.165) is 9.99 Å². The van der Waals surface area contributed by atoms with Crippen LogP contribution in [0.2, 0.25) is 10.0 Å². The Bertz CT molecular complexity index is 842. The van der Waals surface area contributed by atoms with Gasteiger partial charge in [-0.25, -0.2) is 0 Å². The van der Waals surface area contributed by atoms with E-state index >= 15 is 0 Å². The van der Waals surface area contributed by atoms with Crippen molar-refractivity contribution in [2.75, 3.05) is 13.2 Å². The standard InChI is InChI=1S/C22H25Cl2IN2O3/c1-3-12-26-22(29)20(4-2)27(13-17-18(23)6-5-7-19(17)24)21(28)14-30-16-10-8-15(25)9-11-16/h5-11,20H,3-4,12-14H2,1-2H3,(H,26,29). The quantitative estimate of drug-likeness (QED) is 0.399. The first-order valence-electron chi connectivity index (χ1n) is 9.75. The Morgan fingerprint density at radius 2 is 1.73 bits per heavy atom. The topological polar surface area (TPSA) is 58.6 Å². The van der Waals surface area contributed by atoms with Gasteiger partial charge in [0.25, 0.3) is 5.91 Å². The summed E-state index contributed by atoms with van der Waals surface area (Å²) >= 11 is 14.8. The maximum Gasteiger partial charge on any atom is 0.261 e. The summed E-state index contributed by atoms with van der Waals surface area (Å²) in [6, 6.07) is 11.9. The summed E-state index contributed by atoms with van der Waals surface area (Å²) < 4.78 is 6.73. The molecule has 162 valence electrons. The lowest BCUT2D eigenvalue weighted by Gasteiger charge is -2.31. The van der Waals surface area contributed by atoms with E-state index in [0.29, 0.717) is 34.3 Å². The second kappa shape index (κ2) is 12.4. The van der Waals surface area contributed by atoms with E-state index in [9.17, 15) is 9.59 Å². The summed E-state index contributed by atoms with van der Waals surface area (Å²) in [7, 11) is 0. The first-order valence-corrected chi connectivity index (χ1v) is 11.6. The van der Waals surface area contributed by atoms with E-state index in [1.165, 1.54) is 4.90 Å². The average molecular weight is 563 g/mol. The van der Waals surface area contributed by atoms with Crippen LogP contribution < -0.4 is 10.1 Å². The third kappa shape index (κ3) is 7.03. The number of hydrogen-bond acceptors (Lipinski definition) is 3. The fourth-order valence-electron chi connectivity index (χ4n) is 2.90. The Morgan fingerprint density at radius 3 is 2.30 bits per heavy atom. The molecule has 30 heavy (non-hydrogen) atoms. The molecule has 1 atom stereocenters. The van der Waals surface area contributed by atoms with Gasteiger partial charge in [0.2, 0.25) is 5.91 Å². The van der Waals surface area contributed by atoms with Crippen LogP contribution in [0.5, 0.6) is 5.75 Å². The van der Waals surface area contributed by atoms with Crippen molar-refractivity contribution in [3.05, 3.63) is 61.6 Å². The monoisotopic (exact) mass is 562 g/mol. The van der Waals surface area contributed by atoms with E-state index in [1.807, 2.05) is 26.0 Å². The van der Waals surface area contributed by atoms with Crippen LogP contribution in [0.3, 0.4) is 0 Å². The maximum atomic E-state index is 13.1. The fourth-order valence-corrected chi connectivity index (χ4v) is 3.77. The van der Waals surface area contributed by atoms with Gasteiger partial charge < -0.3 is 15.0 Å². The summed E-state index contributed by atoms with van der Waals surface area (Å²) in [5, 5.41) is 3.77. The maximum absolute atomic E-state index is 13.1. The molecule has 0 saturated heterocycles. The molecule has 1 unspecified atom stereocenters. The first-order chi connectivity index (χ1) is 14.4. The number of benzene rings is 2. The summed E-state index contributed by atoms with van der Waals surface area (Å²) in [5.41, 5.74) is 0.602. The predicted molar refractivity (Wildman–Crippen MR) is 129 cm³/mol. The molecule has 0 bridgehead atoms. The molecule has 2 rings (SSSR count). The number of nitrogens with zero attached hydrogens (tertiary/aromatic N) is 1. The molecule has 0 saturated carbocycles. The van der Waals surface area contributed by atoms with E-state index in [2.05, 4.69) is 27.9 Å². The summed E-state index contributed by atoms with van der Waals surface area (Å²) in [6.45, 7) is 4.31. The van der Waals surface area contributed by atoms with Crippen molar-refractivity contribution in [2.24, 2.45) is 0 Å². The number of carbonyl (C=O) groups is 2. The highest BCUT2D eigenvalue weighted by Gasteiger charge is 2.29. The van der Waals surface area contributed by atoms with Crippen LogP contribution in [-0.2, 0) is 16.1 Å². The smallest absolute Gasteiger partial charge is 0.261 e. The van der Waals surface area contributed by atoms with Crippen molar-refractivity contribution < 1.29 is 14.3 Å². The van der Waals surface area contributed by atoms with Gasteiger partial charge in [0.05, 0.1) is 0 Å². The minimum atomic E-state index is -0.656. The third-order valence-electron chi connectivity index (χ3n) is 4.50. The molecule has 0 fully saturated rings. The lowest BCUT2D eigenvalue weighted by molar-refractivity contribution is -0.143. The molecule has 0 aromatic heterocycles. The number of hydrogen-bond donors (Lipinski definition) is 1. The predicted octanol–water partition coefficient (Wildman–Crippen LogP) is 5.31. The van der Waals surface area contributed by atoms with E-state index in [1.54, 1.807) is 30.3 Å². The summed E-state index contributed by atoms with van der Waals surface area (Å²) in [6.07, 6.45) is 1.26.